The Morgan fingerprint density at radius 2 is 2.11 bits per heavy atom. The highest BCUT2D eigenvalue weighted by Crippen LogP contribution is 2.14. The normalized spacial score (nSPS) is 10.3. The minimum Gasteiger partial charge on any atom is -0.368 e. The number of pyridine rings is 1. The molecule has 106 valence electrons. The number of carbonyl (C=O) groups excluding carboxylic acids is 1. The topological polar surface area (TPSA) is 54.0 Å². The van der Waals surface area contributed by atoms with Crippen molar-refractivity contribution < 1.29 is 9.18 Å². The van der Waals surface area contributed by atoms with Crippen molar-refractivity contribution in [3.63, 3.8) is 0 Å². The highest BCUT2D eigenvalue weighted by molar-refractivity contribution is 5.95. The molecule has 4 nitrogen and oxygen atoms in total. The lowest BCUT2D eigenvalue weighted by molar-refractivity contribution is 0.0949. The standard InChI is InChI=1S/C14H22FN3O/c1-3-5-6-7-9-18-14(19)11-8-10-17-13(12(11)15)16-4-2/h8,10H,3-7,9H2,1-2H3,(H,16,17)(H,18,19). The second-order valence-corrected chi connectivity index (χ2v) is 4.37. The quantitative estimate of drug-likeness (QED) is 0.712. The van der Waals surface area contributed by atoms with Crippen molar-refractivity contribution in [2.24, 2.45) is 0 Å². The molecule has 1 aromatic rings. The molecule has 0 unspecified atom stereocenters. The lowest BCUT2D eigenvalue weighted by atomic mass is 10.2. The van der Waals surface area contributed by atoms with E-state index in [2.05, 4.69) is 22.5 Å². The summed E-state index contributed by atoms with van der Waals surface area (Å²) in [7, 11) is 0. The molecular formula is C14H22FN3O. The molecule has 0 atom stereocenters. The van der Waals surface area contributed by atoms with Gasteiger partial charge in [0.05, 0.1) is 5.56 Å². The number of aromatic nitrogens is 1. The average molecular weight is 267 g/mol. The molecule has 1 amide bonds. The summed E-state index contributed by atoms with van der Waals surface area (Å²) < 4.78 is 14.0. The van der Waals surface area contributed by atoms with Gasteiger partial charge in [0.2, 0.25) is 0 Å². The largest absolute Gasteiger partial charge is 0.368 e. The predicted octanol–water partition coefficient (Wildman–Crippen LogP) is 2.96. The van der Waals surface area contributed by atoms with Crippen molar-refractivity contribution in [3.8, 4) is 0 Å². The molecule has 0 aromatic carbocycles. The Morgan fingerprint density at radius 3 is 2.79 bits per heavy atom. The smallest absolute Gasteiger partial charge is 0.254 e. The lowest BCUT2D eigenvalue weighted by Crippen LogP contribution is -2.26. The Labute approximate surface area is 113 Å². The molecule has 0 fully saturated rings. The zero-order valence-corrected chi connectivity index (χ0v) is 11.6. The number of amides is 1. The van der Waals surface area contributed by atoms with Gasteiger partial charge in [-0.05, 0) is 19.4 Å². The maximum Gasteiger partial charge on any atom is 0.254 e. The number of hydrogen-bond donors (Lipinski definition) is 2. The van der Waals surface area contributed by atoms with Crippen LogP contribution in [0.2, 0.25) is 0 Å². The van der Waals surface area contributed by atoms with Crippen LogP contribution in [-0.4, -0.2) is 24.0 Å². The fourth-order valence-corrected chi connectivity index (χ4v) is 1.76. The molecule has 0 aliphatic rings. The van der Waals surface area contributed by atoms with Crippen molar-refractivity contribution >= 4 is 11.7 Å². The summed E-state index contributed by atoms with van der Waals surface area (Å²) in [5.74, 6) is -0.841. The number of carbonyl (C=O) groups is 1. The van der Waals surface area contributed by atoms with Gasteiger partial charge in [-0.3, -0.25) is 4.79 Å². The fraction of sp³-hybridized carbons (Fsp3) is 0.571. The maximum atomic E-state index is 14.0. The highest BCUT2D eigenvalue weighted by atomic mass is 19.1. The molecule has 1 heterocycles. The Morgan fingerprint density at radius 1 is 1.32 bits per heavy atom. The molecule has 0 saturated heterocycles. The second kappa shape index (κ2) is 8.45. The van der Waals surface area contributed by atoms with Crippen LogP contribution in [0.3, 0.4) is 0 Å². The van der Waals surface area contributed by atoms with Gasteiger partial charge in [-0.15, -0.1) is 0 Å². The van der Waals surface area contributed by atoms with Crippen molar-refractivity contribution in [1.29, 1.82) is 0 Å². The van der Waals surface area contributed by atoms with Crippen LogP contribution in [0.4, 0.5) is 10.2 Å². The van der Waals surface area contributed by atoms with Gasteiger partial charge in [-0.25, -0.2) is 9.37 Å². The number of nitrogens with zero attached hydrogens (tertiary/aromatic N) is 1. The van der Waals surface area contributed by atoms with Gasteiger partial charge < -0.3 is 10.6 Å². The van der Waals surface area contributed by atoms with Gasteiger partial charge in [0.25, 0.3) is 5.91 Å². The van der Waals surface area contributed by atoms with E-state index >= 15 is 0 Å². The fourth-order valence-electron chi connectivity index (χ4n) is 1.76. The maximum absolute atomic E-state index is 14.0. The van der Waals surface area contributed by atoms with Crippen LogP contribution < -0.4 is 10.6 Å². The molecule has 0 bridgehead atoms. The van der Waals surface area contributed by atoms with E-state index in [0.717, 1.165) is 25.7 Å². The number of unbranched alkanes of at least 4 members (excludes halogenated alkanes) is 3. The van der Waals surface area contributed by atoms with Crippen LogP contribution >= 0.6 is 0 Å². The van der Waals surface area contributed by atoms with Gasteiger partial charge in [0.15, 0.2) is 11.6 Å². The summed E-state index contributed by atoms with van der Waals surface area (Å²) in [6.07, 6.45) is 5.75. The molecule has 1 aromatic heterocycles. The number of halogens is 1. The summed E-state index contributed by atoms with van der Waals surface area (Å²) in [5, 5.41) is 5.52. The molecule has 0 radical (unpaired) electrons. The van der Waals surface area contributed by atoms with Crippen LogP contribution in [0.25, 0.3) is 0 Å². The Bertz CT molecular complexity index is 410. The number of rotatable bonds is 8. The lowest BCUT2D eigenvalue weighted by Gasteiger charge is -2.09. The molecule has 1 rings (SSSR count). The third-order valence-corrected chi connectivity index (χ3v) is 2.79. The van der Waals surface area contributed by atoms with Crippen molar-refractivity contribution in [2.75, 3.05) is 18.4 Å². The summed E-state index contributed by atoms with van der Waals surface area (Å²) in [4.78, 5) is 15.7. The first kappa shape index (κ1) is 15.4. The monoisotopic (exact) mass is 267 g/mol. The molecule has 0 spiro atoms. The van der Waals surface area contributed by atoms with E-state index in [1.165, 1.54) is 12.3 Å². The first-order valence-corrected chi connectivity index (χ1v) is 6.87. The summed E-state index contributed by atoms with van der Waals surface area (Å²) in [5.41, 5.74) is 0.0430. The Kier molecular flexibility index (Phi) is 6.85. The molecule has 19 heavy (non-hydrogen) atoms. The van der Waals surface area contributed by atoms with Gasteiger partial charge in [0, 0.05) is 19.3 Å². The van der Waals surface area contributed by atoms with Crippen LogP contribution in [0.15, 0.2) is 12.3 Å². The number of anilines is 1. The molecular weight excluding hydrogens is 245 g/mol. The summed E-state index contributed by atoms with van der Waals surface area (Å²) in [6.45, 7) is 5.12. The van der Waals surface area contributed by atoms with E-state index < -0.39 is 5.82 Å². The number of hydrogen-bond acceptors (Lipinski definition) is 3. The molecule has 5 heteroatoms. The summed E-state index contributed by atoms with van der Waals surface area (Å²) in [6, 6.07) is 1.40. The van der Waals surface area contributed by atoms with Crippen LogP contribution in [0, 0.1) is 5.82 Å². The van der Waals surface area contributed by atoms with E-state index in [4.69, 9.17) is 0 Å². The van der Waals surface area contributed by atoms with Gasteiger partial charge in [-0.2, -0.15) is 0 Å². The third kappa shape index (κ3) is 4.85. The van der Waals surface area contributed by atoms with Crippen molar-refractivity contribution in [1.82, 2.24) is 10.3 Å². The zero-order valence-electron chi connectivity index (χ0n) is 11.6. The van der Waals surface area contributed by atoms with E-state index in [9.17, 15) is 9.18 Å². The highest BCUT2D eigenvalue weighted by Gasteiger charge is 2.15. The molecule has 0 aliphatic carbocycles. The minimum atomic E-state index is -0.588. The van der Waals surface area contributed by atoms with E-state index in [1.807, 2.05) is 6.92 Å². The first-order chi connectivity index (χ1) is 9.20. The van der Waals surface area contributed by atoms with Gasteiger partial charge >= 0.3 is 0 Å². The van der Waals surface area contributed by atoms with E-state index in [-0.39, 0.29) is 17.3 Å². The third-order valence-electron chi connectivity index (χ3n) is 2.79. The Balaban J connectivity index is 2.54. The van der Waals surface area contributed by atoms with Gasteiger partial charge in [-0.1, -0.05) is 26.2 Å². The van der Waals surface area contributed by atoms with E-state index in [1.54, 1.807) is 0 Å². The summed E-state index contributed by atoms with van der Waals surface area (Å²) >= 11 is 0. The zero-order chi connectivity index (χ0) is 14.1. The van der Waals surface area contributed by atoms with Crippen LogP contribution in [0.5, 0.6) is 0 Å². The predicted molar refractivity (Wildman–Crippen MR) is 74.8 cm³/mol. The average Bonchev–Trinajstić information content (AvgIpc) is 2.41. The molecule has 0 aliphatic heterocycles. The van der Waals surface area contributed by atoms with Crippen molar-refractivity contribution in [2.45, 2.75) is 39.5 Å². The number of nitrogens with one attached hydrogen (secondary N) is 2. The van der Waals surface area contributed by atoms with Crippen LogP contribution in [-0.2, 0) is 0 Å². The minimum absolute atomic E-state index is 0.0430. The first-order valence-electron chi connectivity index (χ1n) is 6.87. The molecule has 2 N–H and O–H groups in total. The van der Waals surface area contributed by atoms with Gasteiger partial charge in [0.1, 0.15) is 0 Å². The van der Waals surface area contributed by atoms with Crippen LogP contribution in [0.1, 0.15) is 49.9 Å². The molecule has 0 saturated carbocycles. The van der Waals surface area contributed by atoms with E-state index in [0.29, 0.717) is 13.1 Å². The second-order valence-electron chi connectivity index (χ2n) is 4.37. The van der Waals surface area contributed by atoms with Crippen molar-refractivity contribution in [3.05, 3.63) is 23.6 Å². The Hall–Kier alpha value is -1.65. The SMILES string of the molecule is CCCCCCNC(=O)c1ccnc(NCC)c1F.